The molecule has 0 spiro atoms. The molecule has 10 nitrogen and oxygen atoms in total. The van der Waals surface area contributed by atoms with Crippen LogP contribution in [0.15, 0.2) is 82.0 Å². The fraction of sp³-hybridized carbons (Fsp3) is 0.167. The van der Waals surface area contributed by atoms with E-state index in [2.05, 4.69) is 20.3 Å². The van der Waals surface area contributed by atoms with E-state index >= 15 is 0 Å². The van der Waals surface area contributed by atoms with E-state index in [0.717, 1.165) is 18.2 Å². The SMILES string of the molecule is N#Cc1ccc(Nc2nc(Oc3cc(=O)oc4ccccc34)nc(N3CCN(c4ccccc4F)CC3)n2)cc1C(F)(F)F. The van der Waals surface area contributed by atoms with Gasteiger partial charge in [-0.3, -0.25) is 0 Å². The normalized spacial score (nSPS) is 13.5. The Labute approximate surface area is 246 Å². The van der Waals surface area contributed by atoms with Gasteiger partial charge in [0.1, 0.15) is 17.1 Å². The van der Waals surface area contributed by atoms with Crippen LogP contribution in [0.25, 0.3) is 11.0 Å². The predicted molar refractivity (Wildman–Crippen MR) is 153 cm³/mol. The van der Waals surface area contributed by atoms with Crippen molar-refractivity contribution < 1.29 is 26.7 Å². The van der Waals surface area contributed by atoms with E-state index in [-0.39, 0.29) is 40.7 Å². The number of rotatable bonds is 6. The van der Waals surface area contributed by atoms with Gasteiger partial charge in [-0.15, -0.1) is 0 Å². The summed E-state index contributed by atoms with van der Waals surface area (Å²) in [7, 11) is 0. The largest absolute Gasteiger partial charge is 0.423 e. The third-order valence-electron chi connectivity index (χ3n) is 6.87. The van der Waals surface area contributed by atoms with Crippen LogP contribution in [0, 0.1) is 17.1 Å². The van der Waals surface area contributed by atoms with Gasteiger partial charge in [-0.25, -0.2) is 9.18 Å². The van der Waals surface area contributed by atoms with Crippen LogP contribution in [0.5, 0.6) is 11.8 Å². The minimum absolute atomic E-state index is 0.0328. The highest BCUT2D eigenvalue weighted by atomic mass is 19.4. The number of ether oxygens (including phenoxy) is 1. The molecule has 3 heterocycles. The van der Waals surface area contributed by atoms with Crippen LogP contribution in [-0.4, -0.2) is 41.1 Å². The maximum atomic E-state index is 14.4. The van der Waals surface area contributed by atoms with E-state index in [4.69, 9.17) is 14.4 Å². The molecule has 0 unspecified atom stereocenters. The van der Waals surface area contributed by atoms with Crippen molar-refractivity contribution in [2.24, 2.45) is 0 Å². The Hall–Kier alpha value is -5.71. The number of halogens is 4. The van der Waals surface area contributed by atoms with Crippen LogP contribution in [0.1, 0.15) is 11.1 Å². The van der Waals surface area contributed by atoms with Gasteiger partial charge in [0.2, 0.25) is 11.9 Å². The van der Waals surface area contributed by atoms with Crippen molar-refractivity contribution in [1.29, 1.82) is 5.26 Å². The van der Waals surface area contributed by atoms with E-state index in [1.165, 1.54) is 12.1 Å². The molecule has 5 aromatic rings. The van der Waals surface area contributed by atoms with Gasteiger partial charge >= 0.3 is 17.8 Å². The van der Waals surface area contributed by atoms with E-state index in [1.807, 2.05) is 4.90 Å². The highest BCUT2D eigenvalue weighted by Crippen LogP contribution is 2.35. The first-order valence-electron chi connectivity index (χ1n) is 13.3. The zero-order valence-corrected chi connectivity index (χ0v) is 22.7. The number of aromatic nitrogens is 3. The van der Waals surface area contributed by atoms with Crippen molar-refractivity contribution in [3.63, 3.8) is 0 Å². The molecule has 1 aliphatic heterocycles. The molecule has 1 saturated heterocycles. The number of hydrogen-bond donors (Lipinski definition) is 1. The molecule has 0 bridgehead atoms. The maximum absolute atomic E-state index is 14.4. The van der Waals surface area contributed by atoms with Gasteiger partial charge < -0.3 is 24.3 Å². The van der Waals surface area contributed by atoms with Gasteiger partial charge in [-0.2, -0.15) is 33.4 Å². The van der Waals surface area contributed by atoms with Crippen LogP contribution >= 0.6 is 0 Å². The first-order chi connectivity index (χ1) is 21.2. The van der Waals surface area contributed by atoms with Crippen molar-refractivity contribution in [3.8, 4) is 17.8 Å². The summed E-state index contributed by atoms with van der Waals surface area (Å²) < 4.78 is 66.3. The molecule has 14 heteroatoms. The smallest absolute Gasteiger partial charge is 0.417 e. The number of nitriles is 1. The second-order valence-corrected chi connectivity index (χ2v) is 9.69. The number of hydrogen-bond acceptors (Lipinski definition) is 10. The summed E-state index contributed by atoms with van der Waals surface area (Å²) in [6.45, 7) is 1.62. The number of anilines is 4. The lowest BCUT2D eigenvalue weighted by Crippen LogP contribution is -2.47. The standard InChI is InChI=1S/C30H21F4N7O3/c31-22-6-2-3-7-23(22)40-11-13-41(14-12-40)28-37-27(36-19-10-9-18(17-35)21(15-19)30(32,33)34)38-29(39-28)44-25-16-26(42)43-24-8-4-1-5-20(24)25/h1-10,15-16H,11-14H2,(H,36,37,38,39). The second-order valence-electron chi connectivity index (χ2n) is 9.69. The molecular formula is C30H21F4N7O3. The fourth-order valence-corrected chi connectivity index (χ4v) is 4.79. The zero-order chi connectivity index (χ0) is 30.8. The Morgan fingerprint density at radius 1 is 0.909 bits per heavy atom. The number of fused-ring (bicyclic) bond motifs is 1. The molecule has 0 radical (unpaired) electrons. The van der Waals surface area contributed by atoms with Gasteiger partial charge in [0, 0.05) is 31.9 Å². The van der Waals surface area contributed by atoms with Crippen molar-refractivity contribution in [2.75, 3.05) is 41.3 Å². The van der Waals surface area contributed by atoms with Crippen LogP contribution in [-0.2, 0) is 6.18 Å². The number of nitrogens with zero attached hydrogens (tertiary/aromatic N) is 6. The minimum atomic E-state index is -4.77. The molecule has 6 rings (SSSR count). The van der Waals surface area contributed by atoms with Gasteiger partial charge in [0.15, 0.2) is 0 Å². The van der Waals surface area contributed by atoms with Gasteiger partial charge in [-0.05, 0) is 42.5 Å². The third-order valence-corrected chi connectivity index (χ3v) is 6.87. The molecule has 1 aliphatic rings. The Bertz CT molecular complexity index is 1950. The fourth-order valence-electron chi connectivity index (χ4n) is 4.79. The lowest BCUT2D eigenvalue weighted by molar-refractivity contribution is -0.137. The lowest BCUT2D eigenvalue weighted by atomic mass is 10.1. The Balaban J connectivity index is 1.35. The maximum Gasteiger partial charge on any atom is 0.417 e. The summed E-state index contributed by atoms with van der Waals surface area (Å²) in [5, 5.41) is 12.3. The molecule has 1 fully saturated rings. The highest BCUT2D eigenvalue weighted by Gasteiger charge is 2.34. The van der Waals surface area contributed by atoms with Crippen molar-refractivity contribution >= 4 is 34.2 Å². The molecule has 3 aromatic carbocycles. The summed E-state index contributed by atoms with van der Waals surface area (Å²) >= 11 is 0. The summed E-state index contributed by atoms with van der Waals surface area (Å²) in [5.74, 6) is -0.250. The van der Waals surface area contributed by atoms with E-state index < -0.39 is 22.9 Å². The number of benzene rings is 3. The molecular weight excluding hydrogens is 582 g/mol. The quantitative estimate of drug-likeness (QED) is 0.186. The number of piperazine rings is 1. The van der Waals surface area contributed by atoms with E-state index in [0.29, 0.717) is 37.3 Å². The van der Waals surface area contributed by atoms with Crippen molar-refractivity contribution in [3.05, 3.63) is 100 Å². The van der Waals surface area contributed by atoms with Gasteiger partial charge in [0.05, 0.1) is 34.3 Å². The lowest BCUT2D eigenvalue weighted by Gasteiger charge is -2.36. The molecule has 1 N–H and O–H groups in total. The number of nitrogens with one attached hydrogen (secondary N) is 1. The third kappa shape index (κ3) is 5.93. The monoisotopic (exact) mass is 603 g/mol. The summed E-state index contributed by atoms with van der Waals surface area (Å²) in [5.41, 5.74) is -1.63. The average molecular weight is 604 g/mol. The first kappa shape index (κ1) is 28.4. The van der Waals surface area contributed by atoms with Crippen LogP contribution < -0.4 is 25.5 Å². The summed E-state index contributed by atoms with van der Waals surface area (Å²) in [6, 6.07) is 18.7. The van der Waals surface area contributed by atoms with Gasteiger partial charge in [-0.1, -0.05) is 24.3 Å². The molecule has 222 valence electrons. The predicted octanol–water partition coefficient (Wildman–Crippen LogP) is 5.87. The molecule has 0 amide bonds. The Morgan fingerprint density at radius 2 is 1.64 bits per heavy atom. The highest BCUT2D eigenvalue weighted by molar-refractivity contribution is 5.83. The van der Waals surface area contributed by atoms with E-state index in [1.54, 1.807) is 53.4 Å². The van der Waals surface area contributed by atoms with E-state index in [9.17, 15) is 22.4 Å². The topological polar surface area (TPSA) is 120 Å². The van der Waals surface area contributed by atoms with Crippen molar-refractivity contribution in [1.82, 2.24) is 15.0 Å². The van der Waals surface area contributed by atoms with Crippen LogP contribution in [0.3, 0.4) is 0 Å². The first-order valence-corrected chi connectivity index (χ1v) is 13.3. The molecule has 44 heavy (non-hydrogen) atoms. The minimum Gasteiger partial charge on any atom is -0.423 e. The van der Waals surface area contributed by atoms with Crippen molar-refractivity contribution in [2.45, 2.75) is 6.18 Å². The second kappa shape index (κ2) is 11.5. The van der Waals surface area contributed by atoms with Crippen LogP contribution in [0.2, 0.25) is 0 Å². The zero-order valence-electron chi connectivity index (χ0n) is 22.7. The Kier molecular flexibility index (Phi) is 7.44. The number of para-hydroxylation sites is 2. The molecule has 0 saturated carbocycles. The Morgan fingerprint density at radius 3 is 2.39 bits per heavy atom. The molecule has 0 aliphatic carbocycles. The molecule has 0 atom stereocenters. The summed E-state index contributed by atoms with van der Waals surface area (Å²) in [4.78, 5) is 29.0. The van der Waals surface area contributed by atoms with Gasteiger partial charge in [0.25, 0.3) is 0 Å². The molecule has 2 aromatic heterocycles. The average Bonchev–Trinajstić information content (AvgIpc) is 3.01. The summed E-state index contributed by atoms with van der Waals surface area (Å²) in [6.07, 6.45) is -4.77. The number of alkyl halides is 3. The van der Waals surface area contributed by atoms with Crippen LogP contribution in [0.4, 0.5) is 40.8 Å².